The lowest BCUT2D eigenvalue weighted by Crippen LogP contribution is -2.57. The van der Waals surface area contributed by atoms with E-state index < -0.39 is 29.5 Å². The predicted octanol–water partition coefficient (Wildman–Crippen LogP) is 9.65. The summed E-state index contributed by atoms with van der Waals surface area (Å²) in [5, 5.41) is 27.6. The Morgan fingerprint density at radius 3 is 2.27 bits per heavy atom. The van der Waals surface area contributed by atoms with Crippen molar-refractivity contribution in [3.63, 3.8) is 0 Å². The highest BCUT2D eigenvalue weighted by Crippen LogP contribution is 2.47. The predicted molar refractivity (Wildman–Crippen MR) is 272 cm³/mol. The van der Waals surface area contributed by atoms with Crippen LogP contribution < -0.4 is 20.1 Å². The standard InChI is InChI=1S/C54H62FN5O8S2/c1-33(35-8-10-36(11-9-35)49-34(2)56-32-69-49)57-52(64)45-29-40(62)31-60(45)53(65)51(54(3,4)5)58-47(63)7-6-27-66-42-22-24-59(25-23-42)26-28-67-41-17-19-43(20-18-41)68-48-44-21-16-39(61)30-46(44)70-50(48)37-12-14-38(55)15-13-37/h8-21,30,32-33,40,42,45,51,61-62H,6-7,22-29,31H2,1-5H3,(H,57,64)(H,58,63)/t33-,40+,45-,51+/m0/s1. The van der Waals surface area contributed by atoms with Gasteiger partial charge in [-0.1, -0.05) is 57.2 Å². The highest BCUT2D eigenvalue weighted by Gasteiger charge is 2.44. The number of hydrogen-bond acceptors (Lipinski definition) is 12. The number of hydrogen-bond donors (Lipinski definition) is 4. The molecule has 2 fully saturated rings. The number of aromatic hydroxyl groups is 1. The smallest absolute Gasteiger partial charge is 0.246 e. The van der Waals surface area contributed by atoms with Crippen molar-refractivity contribution in [3.05, 3.63) is 114 Å². The number of aromatic nitrogens is 1. The van der Waals surface area contributed by atoms with E-state index in [0.717, 1.165) is 80.5 Å². The number of phenols is 1. The van der Waals surface area contributed by atoms with Crippen molar-refractivity contribution in [2.45, 2.75) is 97.1 Å². The summed E-state index contributed by atoms with van der Waals surface area (Å²) in [5.74, 6) is 0.821. The molecular formula is C54H62FN5O8S2. The molecule has 13 nitrogen and oxygen atoms in total. The number of likely N-dealkylation sites (tertiary alicyclic amines) is 2. The molecule has 3 amide bonds. The van der Waals surface area contributed by atoms with Crippen molar-refractivity contribution in [1.82, 2.24) is 25.4 Å². The van der Waals surface area contributed by atoms with Gasteiger partial charge in [0.1, 0.15) is 41.8 Å². The molecule has 2 aliphatic heterocycles. The van der Waals surface area contributed by atoms with Gasteiger partial charge in [0, 0.05) is 55.7 Å². The molecule has 370 valence electrons. The fraction of sp³-hybridized carbons (Fsp3) is 0.407. The fourth-order valence-electron chi connectivity index (χ4n) is 9.00. The maximum Gasteiger partial charge on any atom is 0.246 e. The van der Waals surface area contributed by atoms with E-state index in [-0.39, 0.29) is 54.9 Å². The molecule has 2 saturated heterocycles. The Morgan fingerprint density at radius 1 is 0.900 bits per heavy atom. The average molecular weight is 992 g/mol. The Kier molecular flexibility index (Phi) is 16.2. The SMILES string of the molecule is Cc1ncsc1-c1ccc([C@H](C)NC(=O)[C@@H]2C[C@@H](O)CN2C(=O)[C@@H](NC(=O)CCCOC2CCN(CCOc3ccc(Oc4c(-c5ccc(F)cc5)sc5cc(O)ccc45)cc3)CC2)C(C)(C)C)cc1. The van der Waals surface area contributed by atoms with Gasteiger partial charge in [-0.2, -0.15) is 0 Å². The third-order valence-corrected chi connectivity index (χ3v) is 15.1. The van der Waals surface area contributed by atoms with Crippen molar-refractivity contribution in [1.29, 1.82) is 0 Å². The van der Waals surface area contributed by atoms with Crippen molar-refractivity contribution in [2.24, 2.45) is 5.41 Å². The molecule has 0 aliphatic carbocycles. The molecule has 4 aromatic carbocycles. The van der Waals surface area contributed by atoms with E-state index >= 15 is 0 Å². The number of rotatable bonds is 18. The molecule has 0 radical (unpaired) electrons. The number of carbonyl (C=O) groups is 3. The number of aliphatic hydroxyl groups excluding tert-OH is 1. The molecule has 0 bridgehead atoms. The Hall–Kier alpha value is -5.91. The number of thiophene rings is 1. The average Bonchev–Trinajstić information content (AvgIpc) is 4.06. The van der Waals surface area contributed by atoms with E-state index in [4.69, 9.17) is 14.2 Å². The number of amides is 3. The van der Waals surface area contributed by atoms with E-state index in [1.165, 1.54) is 28.4 Å². The topological polar surface area (TPSA) is 163 Å². The van der Waals surface area contributed by atoms with Gasteiger partial charge in [0.05, 0.1) is 39.2 Å². The van der Waals surface area contributed by atoms with Crippen LogP contribution in [0.4, 0.5) is 4.39 Å². The number of aryl methyl sites for hydroxylation is 1. The Balaban J connectivity index is 0.741. The maximum atomic E-state index is 14.1. The number of carbonyl (C=O) groups excluding carboxylic acids is 3. The number of β-amino-alcohol motifs (C(OH)–C–C–N with tert-alkyl or cyclic N) is 1. The zero-order valence-corrected chi connectivity index (χ0v) is 41.9. The fourth-order valence-corrected chi connectivity index (χ4v) is 11.0. The zero-order valence-electron chi connectivity index (χ0n) is 40.3. The van der Waals surface area contributed by atoms with Crippen molar-refractivity contribution >= 4 is 50.5 Å². The van der Waals surface area contributed by atoms with E-state index in [9.17, 15) is 29.0 Å². The van der Waals surface area contributed by atoms with Crippen LogP contribution in [0.2, 0.25) is 0 Å². The lowest BCUT2D eigenvalue weighted by Gasteiger charge is -2.35. The molecule has 6 aromatic rings. The summed E-state index contributed by atoms with van der Waals surface area (Å²) in [7, 11) is 0. The van der Waals surface area contributed by atoms with Gasteiger partial charge in [-0.15, -0.1) is 22.7 Å². The quantitative estimate of drug-likeness (QED) is 0.0610. The monoisotopic (exact) mass is 991 g/mol. The largest absolute Gasteiger partial charge is 0.508 e. The first kappa shape index (κ1) is 50.5. The van der Waals surface area contributed by atoms with Crippen LogP contribution in [0.25, 0.3) is 31.0 Å². The van der Waals surface area contributed by atoms with Crippen molar-refractivity contribution in [2.75, 3.05) is 39.4 Å². The van der Waals surface area contributed by atoms with Crippen LogP contribution in [0.5, 0.6) is 23.0 Å². The second-order valence-electron chi connectivity index (χ2n) is 19.3. The Morgan fingerprint density at radius 2 is 1.59 bits per heavy atom. The summed E-state index contributed by atoms with van der Waals surface area (Å²) >= 11 is 3.05. The van der Waals surface area contributed by atoms with Crippen molar-refractivity contribution in [3.8, 4) is 43.9 Å². The van der Waals surface area contributed by atoms with Gasteiger partial charge in [-0.05, 0) is 110 Å². The number of ether oxygens (including phenoxy) is 3. The van der Waals surface area contributed by atoms with Gasteiger partial charge < -0.3 is 40.0 Å². The van der Waals surface area contributed by atoms with E-state index in [1.807, 2.05) is 94.7 Å². The van der Waals surface area contributed by atoms with Crippen LogP contribution in [0.3, 0.4) is 0 Å². The lowest BCUT2D eigenvalue weighted by atomic mass is 9.85. The van der Waals surface area contributed by atoms with E-state index in [2.05, 4.69) is 20.5 Å². The molecule has 2 aliphatic rings. The number of aliphatic hydroxyl groups is 1. The minimum Gasteiger partial charge on any atom is -0.508 e. The first-order valence-electron chi connectivity index (χ1n) is 23.9. The third kappa shape index (κ3) is 12.5. The number of phenolic OH excluding ortho intramolecular Hbond substituents is 1. The number of benzene rings is 4. The number of thiazole rings is 1. The lowest BCUT2D eigenvalue weighted by molar-refractivity contribution is -0.144. The molecule has 16 heteroatoms. The summed E-state index contributed by atoms with van der Waals surface area (Å²) in [6, 6.07) is 24.7. The van der Waals surface area contributed by atoms with Gasteiger partial charge in [0.15, 0.2) is 5.75 Å². The van der Waals surface area contributed by atoms with Crippen LogP contribution >= 0.6 is 22.7 Å². The Labute approximate surface area is 416 Å². The summed E-state index contributed by atoms with van der Waals surface area (Å²) in [6.45, 7) is 12.9. The number of nitrogens with zero attached hydrogens (tertiary/aromatic N) is 3. The number of fused-ring (bicyclic) bond motifs is 1. The normalized spacial score (nSPS) is 17.6. The van der Waals surface area contributed by atoms with Crippen LogP contribution in [0.1, 0.15) is 77.1 Å². The molecule has 4 N–H and O–H groups in total. The highest BCUT2D eigenvalue weighted by atomic mass is 32.1. The van der Waals surface area contributed by atoms with Crippen LogP contribution in [-0.2, 0) is 19.1 Å². The van der Waals surface area contributed by atoms with Gasteiger partial charge in [0.2, 0.25) is 17.7 Å². The molecule has 8 rings (SSSR count). The van der Waals surface area contributed by atoms with E-state index in [0.29, 0.717) is 31.1 Å². The maximum absolute atomic E-state index is 14.1. The van der Waals surface area contributed by atoms with Gasteiger partial charge in [-0.3, -0.25) is 19.3 Å². The first-order chi connectivity index (χ1) is 33.6. The molecule has 0 saturated carbocycles. The summed E-state index contributed by atoms with van der Waals surface area (Å²) in [6.07, 6.45) is 1.75. The zero-order chi connectivity index (χ0) is 49.5. The molecule has 4 heterocycles. The molecule has 0 spiro atoms. The van der Waals surface area contributed by atoms with E-state index in [1.54, 1.807) is 35.6 Å². The number of piperidine rings is 1. The minimum atomic E-state index is -0.901. The summed E-state index contributed by atoms with van der Waals surface area (Å²) < 4.78 is 33.3. The third-order valence-electron chi connectivity index (χ3n) is 13.0. The van der Waals surface area contributed by atoms with Crippen LogP contribution in [-0.4, -0.2) is 106 Å². The second-order valence-corrected chi connectivity index (χ2v) is 21.2. The number of nitrogens with one attached hydrogen (secondary N) is 2. The molecule has 4 atom stereocenters. The number of halogens is 1. The van der Waals surface area contributed by atoms with Gasteiger partial charge in [-0.25, -0.2) is 9.37 Å². The summed E-state index contributed by atoms with van der Waals surface area (Å²) in [5.41, 5.74) is 4.92. The van der Waals surface area contributed by atoms with Crippen molar-refractivity contribution < 1.29 is 43.2 Å². The minimum absolute atomic E-state index is 0.00673. The highest BCUT2D eigenvalue weighted by molar-refractivity contribution is 7.22. The van der Waals surface area contributed by atoms with Crippen LogP contribution in [0, 0.1) is 18.2 Å². The Bertz CT molecular complexity index is 2730. The summed E-state index contributed by atoms with van der Waals surface area (Å²) in [4.78, 5) is 51.2. The molecule has 70 heavy (non-hydrogen) atoms. The van der Waals surface area contributed by atoms with Gasteiger partial charge >= 0.3 is 0 Å². The molecule has 2 aromatic heterocycles. The second kappa shape index (κ2) is 22.4. The first-order valence-corrected chi connectivity index (χ1v) is 25.6. The van der Waals surface area contributed by atoms with Gasteiger partial charge in [0.25, 0.3) is 0 Å². The molecule has 0 unspecified atom stereocenters. The molecular weight excluding hydrogens is 930 g/mol. The van der Waals surface area contributed by atoms with Crippen LogP contribution in [0.15, 0.2) is 96.5 Å².